The first-order chi connectivity index (χ1) is 23.6. The summed E-state index contributed by atoms with van der Waals surface area (Å²) in [5.41, 5.74) is 0. The van der Waals surface area contributed by atoms with E-state index in [0.29, 0.717) is 0 Å². The predicted molar refractivity (Wildman–Crippen MR) is 199 cm³/mol. The van der Waals surface area contributed by atoms with Crippen LogP contribution in [0.1, 0.15) is 0 Å². The maximum atomic E-state index is 9.25. The van der Waals surface area contributed by atoms with Crippen LogP contribution in [0.3, 0.4) is 0 Å². The quantitative estimate of drug-likeness (QED) is 0.162. The van der Waals surface area contributed by atoms with E-state index in [0.717, 1.165) is 31.8 Å². The van der Waals surface area contributed by atoms with E-state index in [-0.39, 0.29) is 19.5 Å². The maximum Gasteiger partial charge on any atom is 0.281 e. The van der Waals surface area contributed by atoms with Gasteiger partial charge in [0.05, 0.1) is 14.1 Å². The Morgan fingerprint density at radius 2 is 0.367 bits per heavy atom. The number of hydrogen-bond donors (Lipinski definition) is 2. The Kier molecular flexibility index (Phi) is 22.6. The van der Waals surface area contributed by atoms with Gasteiger partial charge in [-0.2, -0.15) is 0 Å². The van der Waals surface area contributed by atoms with Gasteiger partial charge >= 0.3 is 0 Å². The molecule has 9 radical (unpaired) electrons. The molecule has 0 amide bonds. The van der Waals surface area contributed by atoms with Crippen LogP contribution in [0, 0.1) is 10.3 Å². The molecule has 0 aliphatic carbocycles. The molecule has 245 valence electrons. The van der Waals surface area contributed by atoms with Gasteiger partial charge < -0.3 is 10.3 Å². The molecule has 0 unspecified atom stereocenters. The maximum absolute atomic E-state index is 9.25. The van der Waals surface area contributed by atoms with E-state index in [1.54, 1.807) is 0 Å². The van der Waals surface area contributed by atoms with Crippen molar-refractivity contribution in [2.24, 2.45) is 0 Å². The summed E-state index contributed by atoms with van der Waals surface area (Å²) in [4.78, 5) is 30.0. The fraction of sp³-hybridized carbons (Fsp3) is 0. The number of benzene rings is 6. The zero-order chi connectivity index (χ0) is 35.7. The summed E-state index contributed by atoms with van der Waals surface area (Å²) in [7, 11) is -4.55. The van der Waals surface area contributed by atoms with Crippen molar-refractivity contribution in [2.75, 3.05) is 0 Å². The molecule has 0 aromatic heterocycles. The van der Waals surface area contributed by atoms with Crippen LogP contribution in [-0.4, -0.2) is 27.2 Å². The molecule has 2 N–H and O–H groups in total. The standard InChI is InChI=1S/2C18H16NP.4CO.Rh/c2*19-20(16-10-4-1-5-11-16,17-12-6-2-7-13-17)18-14-8-3-9-15-18;4*1-2;/h2*1-15,19H;;;;;. The third-order valence-electron chi connectivity index (χ3n) is 6.86. The third kappa shape index (κ3) is 11.6. The van der Waals surface area contributed by atoms with Gasteiger partial charge in [-0.3, -0.25) is 19.2 Å². The van der Waals surface area contributed by atoms with Crippen LogP contribution in [0.2, 0.25) is 0 Å². The van der Waals surface area contributed by atoms with Crippen molar-refractivity contribution >= 4 is 73.1 Å². The number of rotatable bonds is 6. The minimum Gasteiger partial charge on any atom is -0.305 e. The number of nitrogens with one attached hydrogen (secondary N) is 2. The molecule has 49 heavy (non-hydrogen) atoms. The molecule has 0 atom stereocenters. The van der Waals surface area contributed by atoms with Crippen molar-refractivity contribution in [3.05, 3.63) is 182 Å². The average Bonchev–Trinajstić information content (AvgIpc) is 3.22. The fourth-order valence-electron chi connectivity index (χ4n) is 4.80. The Balaban J connectivity index is 0.000000769. The summed E-state index contributed by atoms with van der Waals surface area (Å²) in [6, 6.07) is 61.1. The Morgan fingerprint density at radius 3 is 0.469 bits per heavy atom. The molecule has 0 heterocycles. The van der Waals surface area contributed by atoms with Crippen molar-refractivity contribution in [1.82, 2.24) is 0 Å². The van der Waals surface area contributed by atoms with Crippen molar-refractivity contribution in [1.29, 1.82) is 10.3 Å². The van der Waals surface area contributed by atoms with Crippen molar-refractivity contribution < 1.29 is 38.7 Å². The zero-order valence-electron chi connectivity index (χ0n) is 26.2. The normalized spacial score (nSPS) is 9.47. The van der Waals surface area contributed by atoms with Crippen LogP contribution in [0.4, 0.5) is 0 Å². The van der Waals surface area contributed by atoms with E-state index < -0.39 is 14.1 Å². The predicted octanol–water partition coefficient (Wildman–Crippen LogP) is 5.89. The number of carbonyl (C=O) groups excluding carboxylic acids is 4. The van der Waals surface area contributed by atoms with Crippen molar-refractivity contribution in [2.45, 2.75) is 0 Å². The summed E-state index contributed by atoms with van der Waals surface area (Å²) in [6.45, 7) is 18.0. The SMILES string of the molecule is N=P(c1ccccc1)(c1ccccc1)c1ccccc1.N=P(c1ccccc1)(c1ccccc1)c1ccccc1.[C]=O.[C]=O.[C]=O.[C]=O.[Rh]. The monoisotopic (exact) mass is 769 g/mol. The van der Waals surface area contributed by atoms with Crippen molar-refractivity contribution in [3.63, 3.8) is 0 Å². The molecule has 0 saturated heterocycles. The molecule has 6 aromatic carbocycles. The van der Waals surface area contributed by atoms with Crippen LogP contribution in [0.25, 0.3) is 0 Å². The molecule has 6 aromatic rings. The second-order valence-electron chi connectivity index (χ2n) is 9.35. The van der Waals surface area contributed by atoms with E-state index in [4.69, 9.17) is 19.2 Å². The van der Waals surface area contributed by atoms with Crippen LogP contribution in [0.5, 0.6) is 0 Å². The van der Waals surface area contributed by atoms with Crippen LogP contribution >= 0.6 is 14.1 Å². The van der Waals surface area contributed by atoms with E-state index in [1.807, 2.05) is 109 Å². The van der Waals surface area contributed by atoms with Gasteiger partial charge in [-0.1, -0.05) is 182 Å². The first-order valence-electron chi connectivity index (χ1n) is 14.1. The van der Waals surface area contributed by atoms with Gasteiger partial charge in [0.15, 0.2) is 0 Å². The molecule has 6 rings (SSSR count). The molecule has 6 nitrogen and oxygen atoms in total. The Morgan fingerprint density at radius 1 is 0.265 bits per heavy atom. The smallest absolute Gasteiger partial charge is 0.281 e. The molecule has 0 aliphatic heterocycles. The average molecular weight is 770 g/mol. The van der Waals surface area contributed by atoms with E-state index in [9.17, 15) is 10.3 Å². The van der Waals surface area contributed by atoms with Gasteiger partial charge in [-0.25, -0.2) is 0 Å². The molecule has 9 heteroatoms. The Hall–Kier alpha value is -4.92. The minimum absolute atomic E-state index is 0. The van der Waals surface area contributed by atoms with Crippen LogP contribution in [0.15, 0.2) is 182 Å². The molecule has 0 spiro atoms. The largest absolute Gasteiger partial charge is 0.305 e. The first kappa shape index (κ1) is 44.1. The molecule has 0 fully saturated rings. The molecule has 0 aliphatic rings. The second kappa shape index (κ2) is 25.1. The van der Waals surface area contributed by atoms with Gasteiger partial charge in [0.2, 0.25) is 0 Å². The molecule has 0 bridgehead atoms. The van der Waals surface area contributed by atoms with Crippen LogP contribution < -0.4 is 31.8 Å². The molecular formula is C40H32N2O4P2Rh. The molecular weight excluding hydrogens is 737 g/mol. The van der Waals surface area contributed by atoms with E-state index in [2.05, 4.69) is 100.0 Å². The van der Waals surface area contributed by atoms with Gasteiger partial charge in [-0.05, 0) is 31.8 Å². The van der Waals surface area contributed by atoms with Gasteiger partial charge in [0.25, 0.3) is 27.2 Å². The summed E-state index contributed by atoms with van der Waals surface area (Å²) in [5.74, 6) is 0. The fourth-order valence-corrected chi connectivity index (χ4v) is 10.3. The topological polar surface area (TPSA) is 116 Å². The number of hydrogen-bond acceptors (Lipinski definition) is 6. The van der Waals surface area contributed by atoms with E-state index >= 15 is 0 Å². The Labute approximate surface area is 302 Å². The minimum atomic E-state index is -2.28. The van der Waals surface area contributed by atoms with E-state index in [1.165, 1.54) is 0 Å². The van der Waals surface area contributed by atoms with Gasteiger partial charge in [0, 0.05) is 19.5 Å². The van der Waals surface area contributed by atoms with Gasteiger partial charge in [0.1, 0.15) is 0 Å². The van der Waals surface area contributed by atoms with Gasteiger partial charge in [-0.15, -0.1) is 0 Å². The summed E-state index contributed by atoms with van der Waals surface area (Å²) >= 11 is 0. The second-order valence-corrected chi connectivity index (χ2v) is 15.1. The summed E-state index contributed by atoms with van der Waals surface area (Å²) in [5, 5.41) is 25.1. The Bertz CT molecular complexity index is 1460. The zero-order valence-corrected chi connectivity index (χ0v) is 29.6. The first-order valence-corrected chi connectivity index (χ1v) is 17.6. The third-order valence-corrected chi connectivity index (χ3v) is 13.3. The van der Waals surface area contributed by atoms with Crippen LogP contribution in [-0.2, 0) is 38.7 Å². The molecule has 0 saturated carbocycles. The van der Waals surface area contributed by atoms with Crippen molar-refractivity contribution in [3.8, 4) is 0 Å². The summed E-state index contributed by atoms with van der Waals surface area (Å²) < 4.78 is 0. The summed E-state index contributed by atoms with van der Waals surface area (Å²) in [6.07, 6.45) is 0.